The van der Waals surface area contributed by atoms with E-state index < -0.39 is 0 Å². The van der Waals surface area contributed by atoms with E-state index >= 15 is 0 Å². The van der Waals surface area contributed by atoms with Gasteiger partial charge in [0, 0.05) is 0 Å². The van der Waals surface area contributed by atoms with Crippen molar-refractivity contribution in [3.63, 3.8) is 0 Å². The third-order valence-corrected chi connectivity index (χ3v) is 0.300. The number of hydrogen-bond donors (Lipinski definition) is 0. The van der Waals surface area contributed by atoms with Crippen molar-refractivity contribution in [3.05, 3.63) is 0 Å². The first-order chi connectivity index (χ1) is 2.56. The van der Waals surface area contributed by atoms with Crippen LogP contribution in [0.3, 0.4) is 0 Å². The van der Waals surface area contributed by atoms with E-state index in [4.69, 9.17) is 5.53 Å². The lowest BCUT2D eigenvalue weighted by atomic mass is 10.1. The molecule has 0 aromatic heterocycles. The molecule has 0 aromatic rings. The molecule has 0 saturated heterocycles. The van der Waals surface area contributed by atoms with E-state index in [1.54, 1.807) is 0 Å². The van der Waals surface area contributed by atoms with Crippen molar-refractivity contribution < 1.29 is 0 Å². The van der Waals surface area contributed by atoms with Crippen LogP contribution in [0.2, 0.25) is 0 Å². The van der Waals surface area contributed by atoms with E-state index in [0.29, 0.717) is 0 Å². The molecule has 0 bridgehead atoms. The lowest BCUT2D eigenvalue weighted by molar-refractivity contribution is 0.554. The first kappa shape index (κ1) is 5.60. The van der Waals surface area contributed by atoms with Crippen LogP contribution >= 0.6 is 0 Å². The molecule has 0 aromatic carbocycles. The van der Waals surface area contributed by atoms with Gasteiger partial charge >= 0.3 is 0 Å². The SMILES string of the molecule is CC(C)(C)N=[N]. The maximum atomic E-state index is 8.03. The minimum atomic E-state index is -0.278. The molecule has 6 heavy (non-hydrogen) atoms. The summed E-state index contributed by atoms with van der Waals surface area (Å²) >= 11 is 0. The van der Waals surface area contributed by atoms with Crippen LogP contribution in [0.5, 0.6) is 0 Å². The normalized spacial score (nSPS) is 11.2. The molecule has 1 radical (unpaired) electrons. The van der Waals surface area contributed by atoms with Crippen LogP contribution in [-0.2, 0) is 0 Å². The second kappa shape index (κ2) is 1.37. The third-order valence-electron chi connectivity index (χ3n) is 0.300. The second-order valence-electron chi connectivity index (χ2n) is 2.27. The summed E-state index contributed by atoms with van der Waals surface area (Å²) < 4.78 is 0. The summed E-state index contributed by atoms with van der Waals surface area (Å²) in [6.45, 7) is 5.48. The van der Waals surface area contributed by atoms with Crippen LogP contribution in [0.25, 0.3) is 0 Å². The van der Waals surface area contributed by atoms with Crippen molar-refractivity contribution in [2.24, 2.45) is 5.11 Å². The number of rotatable bonds is 0. The van der Waals surface area contributed by atoms with Gasteiger partial charge < -0.3 is 0 Å². The largest absolute Gasteiger partial charge is 0.162 e. The fourth-order valence-corrected chi connectivity index (χ4v) is 0. The summed E-state index contributed by atoms with van der Waals surface area (Å²) in [5.74, 6) is 0. The second-order valence-corrected chi connectivity index (χ2v) is 2.27. The van der Waals surface area contributed by atoms with E-state index in [1.807, 2.05) is 20.8 Å². The molecule has 0 amide bonds. The molecule has 0 rings (SSSR count). The Kier molecular flexibility index (Phi) is 1.28. The Morgan fingerprint density at radius 1 is 1.33 bits per heavy atom. The Balaban J connectivity index is 3.45. The van der Waals surface area contributed by atoms with Gasteiger partial charge in [-0.1, -0.05) is 0 Å². The van der Waals surface area contributed by atoms with Crippen LogP contribution in [0, 0.1) is 0 Å². The van der Waals surface area contributed by atoms with E-state index in [2.05, 4.69) is 5.11 Å². The highest BCUT2D eigenvalue weighted by Crippen LogP contribution is 2.02. The van der Waals surface area contributed by atoms with Crippen molar-refractivity contribution in [3.8, 4) is 0 Å². The van der Waals surface area contributed by atoms with Gasteiger partial charge in [-0.15, -0.1) is 0 Å². The Labute approximate surface area is 38.1 Å². The van der Waals surface area contributed by atoms with E-state index in [1.165, 1.54) is 0 Å². The molecule has 0 spiro atoms. The Hall–Kier alpha value is -0.400. The van der Waals surface area contributed by atoms with Crippen LogP contribution in [0.4, 0.5) is 0 Å². The first-order valence-corrected chi connectivity index (χ1v) is 1.92. The van der Waals surface area contributed by atoms with Crippen molar-refractivity contribution in [2.75, 3.05) is 0 Å². The molecule has 0 saturated carbocycles. The van der Waals surface area contributed by atoms with Gasteiger partial charge in [0.2, 0.25) is 0 Å². The zero-order chi connectivity index (χ0) is 5.21. The average molecular weight is 85.1 g/mol. The predicted molar refractivity (Wildman–Crippen MR) is 24.3 cm³/mol. The summed E-state index contributed by atoms with van der Waals surface area (Å²) in [7, 11) is 0. The highest BCUT2D eigenvalue weighted by Gasteiger charge is 2.04. The highest BCUT2D eigenvalue weighted by atomic mass is 15.0. The van der Waals surface area contributed by atoms with Gasteiger partial charge in [0.1, 0.15) is 0 Å². The minimum absolute atomic E-state index is 0.278. The molecule has 0 N–H and O–H groups in total. The monoisotopic (exact) mass is 85.1 g/mol. The molecule has 0 aliphatic rings. The Morgan fingerprint density at radius 2 is 1.50 bits per heavy atom. The fraction of sp³-hybridized carbons (Fsp3) is 1.00. The van der Waals surface area contributed by atoms with Crippen LogP contribution in [0.1, 0.15) is 20.8 Å². The Bertz CT molecular complexity index is 51.1. The van der Waals surface area contributed by atoms with Crippen LogP contribution < -0.4 is 5.53 Å². The standard InChI is InChI=1S/C4H9N2/c1-4(2,3)6-5/h1-3H3. The van der Waals surface area contributed by atoms with Crippen molar-refractivity contribution in [1.82, 2.24) is 5.53 Å². The summed E-state index contributed by atoms with van der Waals surface area (Å²) in [5.41, 5.74) is 7.75. The zero-order valence-electron chi connectivity index (χ0n) is 4.39. The molecule has 0 aliphatic heterocycles. The smallest absolute Gasteiger partial charge is 0.0754 e. The van der Waals surface area contributed by atoms with E-state index in [0.717, 1.165) is 0 Å². The van der Waals surface area contributed by atoms with Crippen LogP contribution in [0.15, 0.2) is 5.11 Å². The van der Waals surface area contributed by atoms with Gasteiger partial charge in [0.25, 0.3) is 0 Å². The summed E-state index contributed by atoms with van der Waals surface area (Å²) in [6, 6.07) is 0. The van der Waals surface area contributed by atoms with Crippen molar-refractivity contribution in [1.29, 1.82) is 0 Å². The number of nitrogens with zero attached hydrogens (tertiary/aromatic N) is 2. The average Bonchev–Trinajstić information content (AvgIpc) is 1.35. The van der Waals surface area contributed by atoms with Gasteiger partial charge in [-0.3, -0.25) is 0 Å². The van der Waals surface area contributed by atoms with E-state index in [-0.39, 0.29) is 5.54 Å². The summed E-state index contributed by atoms with van der Waals surface area (Å²) in [4.78, 5) is 0. The van der Waals surface area contributed by atoms with Gasteiger partial charge in [-0.05, 0) is 26.3 Å². The lowest BCUT2D eigenvalue weighted by Crippen LogP contribution is -2.07. The zero-order valence-corrected chi connectivity index (χ0v) is 4.39. The maximum absolute atomic E-state index is 8.03. The molecule has 0 unspecified atom stereocenters. The third kappa shape index (κ3) is 3.60. The highest BCUT2D eigenvalue weighted by molar-refractivity contribution is 4.64. The van der Waals surface area contributed by atoms with E-state index in [9.17, 15) is 0 Å². The number of hydrogen-bond acceptors (Lipinski definition) is 1. The summed E-state index contributed by atoms with van der Waals surface area (Å²) in [5, 5.41) is 3.02. The molecule has 0 aliphatic carbocycles. The van der Waals surface area contributed by atoms with Gasteiger partial charge in [0.15, 0.2) is 0 Å². The molecule has 0 atom stereocenters. The molecular formula is C4H9N2. The van der Waals surface area contributed by atoms with Gasteiger partial charge in [-0.2, -0.15) is 5.11 Å². The first-order valence-electron chi connectivity index (χ1n) is 1.92. The van der Waals surface area contributed by atoms with Crippen LogP contribution in [-0.4, -0.2) is 5.54 Å². The van der Waals surface area contributed by atoms with Crippen molar-refractivity contribution >= 4 is 0 Å². The quantitative estimate of drug-likeness (QED) is 0.394. The van der Waals surface area contributed by atoms with Gasteiger partial charge in [-0.25, -0.2) is 0 Å². The Morgan fingerprint density at radius 3 is 1.50 bits per heavy atom. The van der Waals surface area contributed by atoms with Gasteiger partial charge in [0.05, 0.1) is 5.54 Å². The van der Waals surface area contributed by atoms with Crippen molar-refractivity contribution in [2.45, 2.75) is 26.3 Å². The predicted octanol–water partition coefficient (Wildman–Crippen LogP) is 1.04. The topological polar surface area (TPSA) is 34.7 Å². The fourth-order valence-electron chi connectivity index (χ4n) is 0. The minimum Gasteiger partial charge on any atom is -0.162 e. The maximum Gasteiger partial charge on any atom is 0.0754 e. The molecule has 0 heterocycles. The lowest BCUT2D eigenvalue weighted by Gasteiger charge is -2.04. The summed E-state index contributed by atoms with van der Waals surface area (Å²) in [6.07, 6.45) is 0. The molecule has 35 valence electrons. The molecule has 2 nitrogen and oxygen atoms in total. The molecular weight excluding hydrogens is 76.1 g/mol. The molecule has 2 heteroatoms. The molecule has 0 fully saturated rings.